The molecule has 1 aliphatic rings. The fraction of sp³-hybridized carbons (Fsp3) is 0.190. The average Bonchev–Trinajstić information content (AvgIpc) is 3.14. The summed E-state index contributed by atoms with van der Waals surface area (Å²) >= 11 is 1.47. The summed E-state index contributed by atoms with van der Waals surface area (Å²) in [5.41, 5.74) is 3.37. The van der Waals surface area contributed by atoms with E-state index in [-0.39, 0.29) is 11.8 Å². The molecule has 0 saturated heterocycles. The van der Waals surface area contributed by atoms with Gasteiger partial charge in [0.25, 0.3) is 5.91 Å². The minimum absolute atomic E-state index is 0.0570. The molecule has 0 unspecified atom stereocenters. The third-order valence-electron chi connectivity index (χ3n) is 4.62. The van der Waals surface area contributed by atoms with E-state index in [1.54, 1.807) is 29.1 Å². The lowest BCUT2D eigenvalue weighted by atomic mass is 10.2. The second kappa shape index (κ2) is 8.00. The van der Waals surface area contributed by atoms with Crippen molar-refractivity contribution in [3.8, 4) is 0 Å². The van der Waals surface area contributed by atoms with Gasteiger partial charge in [-0.1, -0.05) is 12.1 Å². The quantitative estimate of drug-likeness (QED) is 0.679. The first kappa shape index (κ1) is 19.1. The van der Waals surface area contributed by atoms with Gasteiger partial charge in [0.1, 0.15) is 5.82 Å². The first-order valence-electron chi connectivity index (χ1n) is 9.16. The van der Waals surface area contributed by atoms with E-state index in [0.717, 1.165) is 16.1 Å². The van der Waals surface area contributed by atoms with Crippen LogP contribution in [0.4, 0.5) is 17.2 Å². The molecule has 2 heterocycles. The number of anilines is 3. The number of hydrogen-bond donors (Lipinski definition) is 2. The smallest absolute Gasteiger partial charge is 0.256 e. The minimum atomic E-state index is -0.248. The van der Waals surface area contributed by atoms with E-state index < -0.39 is 0 Å². The van der Waals surface area contributed by atoms with Crippen molar-refractivity contribution in [1.29, 1.82) is 0 Å². The van der Waals surface area contributed by atoms with Crippen LogP contribution in [0.2, 0.25) is 0 Å². The van der Waals surface area contributed by atoms with Crippen LogP contribution in [0.25, 0.3) is 0 Å². The Morgan fingerprint density at radius 2 is 2.00 bits per heavy atom. The maximum atomic E-state index is 12.7. The highest BCUT2D eigenvalue weighted by atomic mass is 32.2. The molecule has 29 heavy (non-hydrogen) atoms. The molecule has 0 aliphatic carbocycles. The van der Waals surface area contributed by atoms with Crippen LogP contribution in [0.1, 0.15) is 15.9 Å². The summed E-state index contributed by atoms with van der Waals surface area (Å²) in [6.07, 6.45) is 1.66. The molecule has 4 rings (SSSR count). The van der Waals surface area contributed by atoms with Gasteiger partial charge in [0.05, 0.1) is 24.2 Å². The van der Waals surface area contributed by atoms with E-state index in [1.807, 2.05) is 37.2 Å². The topological polar surface area (TPSA) is 79.3 Å². The third-order valence-corrected chi connectivity index (χ3v) is 5.69. The summed E-state index contributed by atoms with van der Waals surface area (Å²) in [5.74, 6) is 0.705. The van der Waals surface area contributed by atoms with Crippen LogP contribution >= 0.6 is 11.8 Å². The Kier molecular flexibility index (Phi) is 5.26. The van der Waals surface area contributed by atoms with Gasteiger partial charge in [-0.25, -0.2) is 4.68 Å². The second-order valence-electron chi connectivity index (χ2n) is 6.94. The number of hydrogen-bond acceptors (Lipinski definition) is 5. The highest BCUT2D eigenvalue weighted by molar-refractivity contribution is 8.00. The largest absolute Gasteiger partial charge is 0.378 e. The molecule has 0 radical (unpaired) electrons. The van der Waals surface area contributed by atoms with E-state index in [9.17, 15) is 9.59 Å². The summed E-state index contributed by atoms with van der Waals surface area (Å²) < 4.78 is 1.75. The van der Waals surface area contributed by atoms with Gasteiger partial charge in [0, 0.05) is 36.3 Å². The van der Waals surface area contributed by atoms with E-state index in [1.165, 1.54) is 11.8 Å². The number of carbonyl (C=O) groups is 2. The van der Waals surface area contributed by atoms with Crippen molar-refractivity contribution < 1.29 is 9.59 Å². The van der Waals surface area contributed by atoms with E-state index in [0.29, 0.717) is 29.4 Å². The predicted molar refractivity (Wildman–Crippen MR) is 116 cm³/mol. The highest BCUT2D eigenvalue weighted by Crippen LogP contribution is 2.32. The number of nitrogens with one attached hydrogen (secondary N) is 2. The normalized spacial score (nSPS) is 12.8. The Bertz CT molecular complexity index is 1060. The van der Waals surface area contributed by atoms with Crippen molar-refractivity contribution in [2.75, 3.05) is 35.4 Å². The molecule has 1 aliphatic heterocycles. The van der Waals surface area contributed by atoms with Gasteiger partial charge < -0.3 is 15.5 Å². The zero-order chi connectivity index (χ0) is 20.4. The van der Waals surface area contributed by atoms with Crippen LogP contribution in [0.15, 0.2) is 59.6 Å². The fourth-order valence-electron chi connectivity index (χ4n) is 3.05. The average molecular weight is 407 g/mol. The molecule has 0 fully saturated rings. The van der Waals surface area contributed by atoms with Crippen LogP contribution < -0.4 is 15.5 Å². The lowest BCUT2D eigenvalue weighted by molar-refractivity contribution is -0.113. The van der Waals surface area contributed by atoms with E-state index >= 15 is 0 Å². The van der Waals surface area contributed by atoms with Crippen molar-refractivity contribution in [2.24, 2.45) is 0 Å². The Morgan fingerprint density at radius 1 is 1.21 bits per heavy atom. The van der Waals surface area contributed by atoms with Gasteiger partial charge >= 0.3 is 0 Å². The van der Waals surface area contributed by atoms with Gasteiger partial charge in [-0.3, -0.25) is 9.59 Å². The summed E-state index contributed by atoms with van der Waals surface area (Å²) in [6, 6.07) is 15.3. The molecule has 0 atom stereocenters. The van der Waals surface area contributed by atoms with E-state index in [4.69, 9.17) is 0 Å². The first-order chi connectivity index (χ1) is 14.0. The number of benzene rings is 2. The first-order valence-corrected chi connectivity index (χ1v) is 10.1. The summed E-state index contributed by atoms with van der Waals surface area (Å²) in [7, 11) is 4.00. The van der Waals surface area contributed by atoms with Crippen molar-refractivity contribution in [1.82, 2.24) is 9.78 Å². The van der Waals surface area contributed by atoms with Gasteiger partial charge in [0.2, 0.25) is 5.91 Å². The maximum absolute atomic E-state index is 12.7. The molecule has 1 aromatic heterocycles. The van der Waals surface area contributed by atoms with Crippen molar-refractivity contribution in [2.45, 2.75) is 11.4 Å². The zero-order valence-electron chi connectivity index (χ0n) is 16.2. The summed E-state index contributed by atoms with van der Waals surface area (Å²) in [6.45, 7) is 0.549. The minimum Gasteiger partial charge on any atom is -0.378 e. The SMILES string of the molecule is CN(C)c1ccc(Cn2nccc2NC(=O)c2ccc3c(c2)NC(=O)CS3)cc1. The van der Waals surface area contributed by atoms with Crippen LogP contribution in [-0.2, 0) is 11.3 Å². The second-order valence-corrected chi connectivity index (χ2v) is 7.95. The number of rotatable bonds is 5. The van der Waals surface area contributed by atoms with Crippen molar-refractivity contribution in [3.63, 3.8) is 0 Å². The molecule has 7 nitrogen and oxygen atoms in total. The Labute approximate surface area is 173 Å². The summed E-state index contributed by atoms with van der Waals surface area (Å²) in [5, 5.41) is 10.0. The van der Waals surface area contributed by atoms with Crippen molar-refractivity contribution in [3.05, 3.63) is 65.9 Å². The van der Waals surface area contributed by atoms with Crippen molar-refractivity contribution >= 4 is 40.8 Å². The van der Waals surface area contributed by atoms with Gasteiger partial charge in [-0.2, -0.15) is 5.10 Å². The molecule has 0 spiro atoms. The van der Waals surface area contributed by atoms with Crippen LogP contribution in [0, 0.1) is 0 Å². The molecule has 2 aromatic carbocycles. The third kappa shape index (κ3) is 4.27. The van der Waals surface area contributed by atoms with Crippen LogP contribution in [0.5, 0.6) is 0 Å². The maximum Gasteiger partial charge on any atom is 0.256 e. The number of nitrogens with zero attached hydrogens (tertiary/aromatic N) is 3. The Morgan fingerprint density at radius 3 is 2.76 bits per heavy atom. The number of fused-ring (bicyclic) bond motifs is 1. The van der Waals surface area contributed by atoms with Gasteiger partial charge in [-0.15, -0.1) is 11.8 Å². The molecule has 2 N–H and O–H groups in total. The molecular weight excluding hydrogens is 386 g/mol. The molecule has 3 aromatic rings. The van der Waals surface area contributed by atoms with Gasteiger partial charge in [0.15, 0.2) is 0 Å². The van der Waals surface area contributed by atoms with E-state index in [2.05, 4.69) is 27.9 Å². The molecular formula is C21H21N5O2S. The molecule has 8 heteroatoms. The lowest BCUT2D eigenvalue weighted by Gasteiger charge is -2.17. The molecule has 2 amide bonds. The Hall–Kier alpha value is -3.26. The molecule has 148 valence electrons. The van der Waals surface area contributed by atoms with Gasteiger partial charge in [-0.05, 0) is 35.9 Å². The number of carbonyl (C=O) groups excluding carboxylic acids is 2. The monoisotopic (exact) mass is 407 g/mol. The van der Waals surface area contributed by atoms with Crippen LogP contribution in [0.3, 0.4) is 0 Å². The lowest BCUT2D eigenvalue weighted by Crippen LogP contribution is -2.20. The highest BCUT2D eigenvalue weighted by Gasteiger charge is 2.18. The number of thioether (sulfide) groups is 1. The molecule has 0 bridgehead atoms. The standard InChI is InChI=1S/C21H21N5O2S/c1-25(2)16-6-3-14(4-7-16)12-26-19(9-10-22-26)24-21(28)15-5-8-18-17(11-15)23-20(27)13-29-18/h3-11H,12-13H2,1-2H3,(H,23,27)(H,24,28). The number of aromatic nitrogens is 2. The molecule has 0 saturated carbocycles. The number of amides is 2. The fourth-order valence-corrected chi connectivity index (χ4v) is 3.84. The summed E-state index contributed by atoms with van der Waals surface area (Å²) in [4.78, 5) is 27.3. The predicted octanol–water partition coefficient (Wildman–Crippen LogP) is 3.29. The van der Waals surface area contributed by atoms with Crippen LogP contribution in [-0.4, -0.2) is 41.4 Å². The Balaban J connectivity index is 1.48. The zero-order valence-corrected chi connectivity index (χ0v) is 17.0.